The molecule has 0 aromatic heterocycles. The average molecular weight is 541 g/mol. The quantitative estimate of drug-likeness (QED) is 0.296. The van der Waals surface area contributed by atoms with Crippen LogP contribution in [0.3, 0.4) is 0 Å². The summed E-state index contributed by atoms with van der Waals surface area (Å²) in [7, 11) is -9.37. The van der Waals surface area contributed by atoms with Gasteiger partial charge in [-0.2, -0.15) is 0 Å². The van der Waals surface area contributed by atoms with Crippen molar-refractivity contribution in [2.24, 2.45) is 0 Å². The van der Waals surface area contributed by atoms with E-state index in [9.17, 15) is 0 Å². The summed E-state index contributed by atoms with van der Waals surface area (Å²) in [6.07, 6.45) is -1.54. The van der Waals surface area contributed by atoms with E-state index in [1.54, 1.807) is 0 Å². The van der Waals surface area contributed by atoms with Crippen molar-refractivity contribution in [3.05, 3.63) is 0 Å². The number of ether oxygens (including phenoxy) is 1. The first-order valence-electron chi connectivity index (χ1n) is 12.0. The van der Waals surface area contributed by atoms with E-state index in [1.807, 2.05) is 0 Å². The molecule has 0 N–H and O–H groups in total. The summed E-state index contributed by atoms with van der Waals surface area (Å²) in [6, 6.07) is 0. The fraction of sp³-hybridized carbons (Fsp3) is 1.00. The van der Waals surface area contributed by atoms with Gasteiger partial charge in [0.05, 0.1) is 6.61 Å². The summed E-state index contributed by atoms with van der Waals surface area (Å²) in [5.41, 5.74) is 0. The van der Waals surface area contributed by atoms with Gasteiger partial charge in [0.15, 0.2) is 47.9 Å². The minimum absolute atomic E-state index is 0.243. The van der Waals surface area contributed by atoms with Gasteiger partial charge in [-0.1, -0.05) is 0 Å². The van der Waals surface area contributed by atoms with Crippen LogP contribution in [0.25, 0.3) is 0 Å². The lowest BCUT2D eigenvalue weighted by molar-refractivity contribution is -0.268. The van der Waals surface area contributed by atoms with E-state index >= 15 is 0 Å². The zero-order valence-electron chi connectivity index (χ0n) is 23.5. The standard InChI is InChI=1S/C21H52O6Si5/c1-28(2,3)22-16-17-18(24-29(4,5)6)19(25-30(7,8)9)20(26-31(10,11)12)21(23-17)27-32(13,14)15/h17-21H,16H2,1-15H3/t17-,18+,19-,20+,21-/m1/s1. The Morgan fingerprint density at radius 2 is 0.844 bits per heavy atom. The Kier molecular flexibility index (Phi) is 10.5. The largest absolute Gasteiger partial charge is 0.415 e. The van der Waals surface area contributed by atoms with Gasteiger partial charge in [-0.05, 0) is 98.2 Å². The van der Waals surface area contributed by atoms with E-state index in [1.165, 1.54) is 0 Å². The summed E-state index contributed by atoms with van der Waals surface area (Å²) in [4.78, 5) is 0. The monoisotopic (exact) mass is 540 g/mol. The SMILES string of the molecule is C[Si](C)(C)OC[C@H]1O[C@H](O[Si](C)(C)C)[C@@H](O[Si](C)(C)C)[C@H](O[Si](C)(C)C)[C@H]1O[Si](C)(C)C. The van der Waals surface area contributed by atoms with Crippen molar-refractivity contribution in [2.45, 2.75) is 129 Å². The van der Waals surface area contributed by atoms with E-state index in [2.05, 4.69) is 98.2 Å². The second kappa shape index (κ2) is 10.8. The van der Waals surface area contributed by atoms with Crippen molar-refractivity contribution in [3.63, 3.8) is 0 Å². The van der Waals surface area contributed by atoms with E-state index in [4.69, 9.17) is 26.9 Å². The molecular weight excluding hydrogens is 489 g/mol. The van der Waals surface area contributed by atoms with Gasteiger partial charge in [0.1, 0.15) is 24.4 Å². The van der Waals surface area contributed by atoms with E-state index < -0.39 is 47.9 Å². The lowest BCUT2D eigenvalue weighted by Gasteiger charge is -2.51. The number of hydrogen-bond donors (Lipinski definition) is 0. The Labute approximate surface area is 203 Å². The van der Waals surface area contributed by atoms with Crippen LogP contribution in [0.5, 0.6) is 0 Å². The molecule has 1 fully saturated rings. The van der Waals surface area contributed by atoms with Crippen LogP contribution >= 0.6 is 0 Å². The average Bonchev–Trinajstić information content (AvgIpc) is 2.45. The Morgan fingerprint density at radius 3 is 1.22 bits per heavy atom. The van der Waals surface area contributed by atoms with Gasteiger partial charge in [0.2, 0.25) is 0 Å². The van der Waals surface area contributed by atoms with Crippen molar-refractivity contribution in [1.29, 1.82) is 0 Å². The maximum atomic E-state index is 6.85. The van der Waals surface area contributed by atoms with Crippen molar-refractivity contribution in [2.75, 3.05) is 6.61 Å². The first-order valence-corrected chi connectivity index (χ1v) is 29.0. The molecule has 192 valence electrons. The van der Waals surface area contributed by atoms with Gasteiger partial charge < -0.3 is 26.9 Å². The highest BCUT2D eigenvalue weighted by Crippen LogP contribution is 2.35. The van der Waals surface area contributed by atoms with Crippen LogP contribution in [-0.2, 0) is 26.9 Å². The molecule has 0 saturated carbocycles. The Hall–Kier alpha value is 0.844. The fourth-order valence-electron chi connectivity index (χ4n) is 3.41. The molecule has 0 radical (unpaired) electrons. The molecule has 1 rings (SSSR count). The van der Waals surface area contributed by atoms with E-state index in [0.29, 0.717) is 6.61 Å². The van der Waals surface area contributed by atoms with Crippen molar-refractivity contribution >= 4 is 41.6 Å². The molecule has 0 bridgehead atoms. The highest BCUT2D eigenvalue weighted by atomic mass is 28.4. The Morgan fingerprint density at radius 1 is 0.469 bits per heavy atom. The summed E-state index contributed by atoms with van der Waals surface area (Å²) >= 11 is 0. The molecule has 32 heavy (non-hydrogen) atoms. The molecule has 0 aromatic carbocycles. The van der Waals surface area contributed by atoms with Gasteiger partial charge in [0.25, 0.3) is 0 Å². The maximum Gasteiger partial charge on any atom is 0.187 e. The van der Waals surface area contributed by atoms with Crippen LogP contribution in [0.2, 0.25) is 98.2 Å². The predicted molar refractivity (Wildman–Crippen MR) is 147 cm³/mol. The molecule has 6 nitrogen and oxygen atoms in total. The second-order valence-corrected chi connectivity index (χ2v) is 36.1. The van der Waals surface area contributed by atoms with Crippen LogP contribution < -0.4 is 0 Å². The molecule has 0 unspecified atom stereocenters. The third-order valence-corrected chi connectivity index (χ3v) is 9.12. The molecule has 1 heterocycles. The zero-order chi connectivity index (χ0) is 25.3. The highest BCUT2D eigenvalue weighted by Gasteiger charge is 2.52. The molecule has 0 spiro atoms. The van der Waals surface area contributed by atoms with Gasteiger partial charge in [-0.3, -0.25) is 0 Å². The van der Waals surface area contributed by atoms with Crippen LogP contribution in [0, 0.1) is 0 Å². The van der Waals surface area contributed by atoms with Crippen molar-refractivity contribution in [3.8, 4) is 0 Å². The zero-order valence-corrected chi connectivity index (χ0v) is 28.5. The van der Waals surface area contributed by atoms with Crippen molar-refractivity contribution in [1.82, 2.24) is 0 Å². The van der Waals surface area contributed by atoms with Crippen molar-refractivity contribution < 1.29 is 26.9 Å². The summed E-state index contributed by atoms with van der Waals surface area (Å²) in [5, 5.41) is 0. The third kappa shape index (κ3) is 12.5. The Balaban J connectivity index is 3.50. The molecule has 1 aliphatic rings. The molecule has 0 aromatic rings. The van der Waals surface area contributed by atoms with E-state index in [0.717, 1.165) is 0 Å². The summed E-state index contributed by atoms with van der Waals surface area (Å²) in [5.74, 6) is 0. The summed E-state index contributed by atoms with van der Waals surface area (Å²) in [6.45, 7) is 33.6. The lowest BCUT2D eigenvalue weighted by atomic mass is 9.99. The second-order valence-electron chi connectivity index (χ2n) is 13.8. The first kappa shape index (κ1) is 30.9. The Bertz CT molecular complexity index is 586. The number of rotatable bonds is 11. The smallest absolute Gasteiger partial charge is 0.187 e. The molecule has 11 heteroatoms. The minimum atomic E-state index is -1.92. The van der Waals surface area contributed by atoms with Gasteiger partial charge in [0, 0.05) is 0 Å². The number of hydrogen-bond acceptors (Lipinski definition) is 6. The molecule has 5 atom stereocenters. The molecular formula is C21H52O6Si5. The maximum absolute atomic E-state index is 6.85. The summed E-state index contributed by atoms with van der Waals surface area (Å²) < 4.78 is 39.9. The molecule has 1 aliphatic heterocycles. The predicted octanol–water partition coefficient (Wildman–Crippen LogP) is 6.07. The van der Waals surface area contributed by atoms with Gasteiger partial charge in [-0.15, -0.1) is 0 Å². The fourth-order valence-corrected chi connectivity index (χ4v) is 8.21. The molecule has 1 saturated heterocycles. The van der Waals surface area contributed by atoms with Crippen LogP contribution in [0.15, 0.2) is 0 Å². The topological polar surface area (TPSA) is 55.4 Å². The first-order chi connectivity index (χ1) is 14.0. The van der Waals surface area contributed by atoms with E-state index in [-0.39, 0.29) is 24.4 Å². The molecule has 0 amide bonds. The normalized spacial score (nSPS) is 28.8. The van der Waals surface area contributed by atoms with Gasteiger partial charge in [-0.25, -0.2) is 0 Å². The molecule has 0 aliphatic carbocycles. The lowest BCUT2D eigenvalue weighted by Crippen LogP contribution is -2.67. The van der Waals surface area contributed by atoms with Crippen LogP contribution in [-0.4, -0.2) is 78.9 Å². The third-order valence-electron chi connectivity index (χ3n) is 4.21. The minimum Gasteiger partial charge on any atom is -0.415 e. The van der Waals surface area contributed by atoms with Crippen LogP contribution in [0.1, 0.15) is 0 Å². The van der Waals surface area contributed by atoms with Gasteiger partial charge >= 0.3 is 0 Å². The van der Waals surface area contributed by atoms with Crippen LogP contribution in [0.4, 0.5) is 0 Å². The highest BCUT2D eigenvalue weighted by molar-refractivity contribution is 6.71.